The normalized spacial score (nSPS) is 11.3. The number of oxazole rings is 1. The minimum Gasteiger partial charge on any atom is -0.444 e. The van der Waals surface area contributed by atoms with Gasteiger partial charge in [0.05, 0.1) is 12.2 Å². The molecule has 5 heteroatoms. The summed E-state index contributed by atoms with van der Waals surface area (Å²) >= 11 is 0. The number of benzene rings is 2. The van der Waals surface area contributed by atoms with E-state index < -0.39 is 0 Å². The number of guanidine groups is 1. The summed E-state index contributed by atoms with van der Waals surface area (Å²) < 4.78 is 5.55. The fraction of sp³-hybridized carbons (Fsp3) is 0.238. The van der Waals surface area contributed by atoms with Gasteiger partial charge >= 0.3 is 0 Å². The van der Waals surface area contributed by atoms with Gasteiger partial charge in [-0.1, -0.05) is 48.5 Å². The van der Waals surface area contributed by atoms with Gasteiger partial charge < -0.3 is 15.1 Å². The molecular formula is C21H24N4O. The molecule has 0 aliphatic rings. The Kier molecular flexibility index (Phi) is 6.42. The second-order valence-corrected chi connectivity index (χ2v) is 5.95. The molecule has 1 aromatic heterocycles. The third-order valence-corrected chi connectivity index (χ3v) is 4.01. The highest BCUT2D eigenvalue weighted by atomic mass is 16.3. The van der Waals surface area contributed by atoms with Crippen LogP contribution < -0.4 is 10.6 Å². The molecule has 2 aromatic carbocycles. The maximum absolute atomic E-state index is 5.55. The Morgan fingerprint density at radius 1 is 1.00 bits per heavy atom. The number of rotatable bonds is 7. The summed E-state index contributed by atoms with van der Waals surface area (Å²) in [5.41, 5.74) is 3.17. The number of hydrogen-bond donors (Lipinski definition) is 2. The van der Waals surface area contributed by atoms with Gasteiger partial charge in [-0.25, -0.2) is 4.98 Å². The summed E-state index contributed by atoms with van der Waals surface area (Å²) in [5.74, 6) is 1.40. The number of aryl methyl sites for hydroxylation is 1. The molecule has 0 amide bonds. The highest BCUT2D eigenvalue weighted by Crippen LogP contribution is 2.17. The Morgan fingerprint density at radius 3 is 2.46 bits per heavy atom. The topological polar surface area (TPSA) is 62.5 Å². The molecule has 0 aliphatic heterocycles. The molecule has 0 saturated carbocycles. The average molecular weight is 348 g/mol. The average Bonchev–Trinajstić information content (AvgIpc) is 3.18. The van der Waals surface area contributed by atoms with Crippen LogP contribution in [0.1, 0.15) is 17.7 Å². The van der Waals surface area contributed by atoms with Crippen LogP contribution >= 0.6 is 0 Å². The smallest absolute Gasteiger partial charge is 0.226 e. The fourth-order valence-electron chi connectivity index (χ4n) is 2.64. The molecule has 3 rings (SSSR count). The first kappa shape index (κ1) is 17.7. The van der Waals surface area contributed by atoms with Gasteiger partial charge in [0.1, 0.15) is 6.26 Å². The van der Waals surface area contributed by atoms with Crippen molar-refractivity contribution in [2.45, 2.75) is 19.4 Å². The summed E-state index contributed by atoms with van der Waals surface area (Å²) in [5, 5.41) is 6.59. The van der Waals surface area contributed by atoms with Crippen molar-refractivity contribution in [2.75, 3.05) is 13.6 Å². The Balaban J connectivity index is 1.42. The van der Waals surface area contributed by atoms with Crippen LogP contribution in [0.4, 0.5) is 0 Å². The van der Waals surface area contributed by atoms with Crippen molar-refractivity contribution in [1.82, 2.24) is 15.6 Å². The predicted molar refractivity (Wildman–Crippen MR) is 105 cm³/mol. The lowest BCUT2D eigenvalue weighted by Crippen LogP contribution is -2.37. The van der Waals surface area contributed by atoms with Crippen LogP contribution in [0.5, 0.6) is 0 Å². The van der Waals surface area contributed by atoms with E-state index in [1.165, 1.54) is 5.56 Å². The number of aromatic nitrogens is 1. The van der Waals surface area contributed by atoms with Crippen molar-refractivity contribution in [3.05, 3.63) is 78.2 Å². The summed E-state index contributed by atoms with van der Waals surface area (Å²) in [6.07, 6.45) is 3.78. The number of hydrogen-bond acceptors (Lipinski definition) is 3. The first-order valence-electron chi connectivity index (χ1n) is 8.83. The van der Waals surface area contributed by atoms with Crippen molar-refractivity contribution in [3.8, 4) is 11.5 Å². The van der Waals surface area contributed by atoms with Gasteiger partial charge in [-0.2, -0.15) is 0 Å². The van der Waals surface area contributed by atoms with Crippen LogP contribution in [-0.4, -0.2) is 24.5 Å². The van der Waals surface area contributed by atoms with E-state index in [2.05, 4.69) is 44.9 Å². The van der Waals surface area contributed by atoms with E-state index in [0.29, 0.717) is 12.4 Å². The molecule has 134 valence electrons. The van der Waals surface area contributed by atoms with Gasteiger partial charge in [-0.3, -0.25) is 4.99 Å². The van der Waals surface area contributed by atoms with Crippen LogP contribution in [0.2, 0.25) is 0 Å². The molecule has 0 saturated heterocycles. The quantitative estimate of drug-likeness (QED) is 0.389. The van der Waals surface area contributed by atoms with Gasteiger partial charge in [0.2, 0.25) is 5.89 Å². The summed E-state index contributed by atoms with van der Waals surface area (Å²) in [4.78, 5) is 8.76. The van der Waals surface area contributed by atoms with Crippen LogP contribution in [0.25, 0.3) is 11.5 Å². The van der Waals surface area contributed by atoms with E-state index in [-0.39, 0.29) is 0 Å². The summed E-state index contributed by atoms with van der Waals surface area (Å²) in [6.45, 7) is 1.43. The maximum atomic E-state index is 5.55. The summed E-state index contributed by atoms with van der Waals surface area (Å²) in [6, 6.07) is 20.4. The van der Waals surface area contributed by atoms with Crippen LogP contribution in [-0.2, 0) is 13.0 Å². The van der Waals surface area contributed by atoms with Gasteiger partial charge in [-0.05, 0) is 30.5 Å². The van der Waals surface area contributed by atoms with E-state index in [0.717, 1.165) is 36.6 Å². The SMILES string of the molecule is CN=C(NCCCc1ccccc1)NCc1coc(-c2ccccc2)n1. The molecular weight excluding hydrogens is 324 g/mol. The highest BCUT2D eigenvalue weighted by Gasteiger charge is 2.06. The lowest BCUT2D eigenvalue weighted by molar-refractivity contribution is 0.572. The minimum absolute atomic E-state index is 0.564. The first-order chi connectivity index (χ1) is 12.8. The van der Waals surface area contributed by atoms with E-state index in [1.807, 2.05) is 36.4 Å². The molecule has 2 N–H and O–H groups in total. The van der Waals surface area contributed by atoms with Crippen LogP contribution in [0.15, 0.2) is 76.3 Å². The molecule has 0 bridgehead atoms. The van der Waals surface area contributed by atoms with Gasteiger partial charge in [-0.15, -0.1) is 0 Å². The molecule has 26 heavy (non-hydrogen) atoms. The van der Waals surface area contributed by atoms with E-state index in [4.69, 9.17) is 4.42 Å². The lowest BCUT2D eigenvalue weighted by Gasteiger charge is -2.10. The second-order valence-electron chi connectivity index (χ2n) is 5.95. The number of aliphatic imine (C=N–C) groups is 1. The van der Waals surface area contributed by atoms with E-state index >= 15 is 0 Å². The monoisotopic (exact) mass is 348 g/mol. The van der Waals surface area contributed by atoms with E-state index in [1.54, 1.807) is 13.3 Å². The van der Waals surface area contributed by atoms with Crippen molar-refractivity contribution in [1.29, 1.82) is 0 Å². The number of nitrogens with one attached hydrogen (secondary N) is 2. The number of nitrogens with zero attached hydrogens (tertiary/aromatic N) is 2. The lowest BCUT2D eigenvalue weighted by atomic mass is 10.1. The highest BCUT2D eigenvalue weighted by molar-refractivity contribution is 5.79. The molecule has 0 atom stereocenters. The van der Waals surface area contributed by atoms with Gasteiger partial charge in [0.15, 0.2) is 5.96 Å². The Hall–Kier alpha value is -3.08. The molecule has 0 spiro atoms. The maximum Gasteiger partial charge on any atom is 0.226 e. The van der Waals surface area contributed by atoms with Gasteiger partial charge in [0, 0.05) is 19.2 Å². The molecule has 5 nitrogen and oxygen atoms in total. The van der Waals surface area contributed by atoms with Crippen molar-refractivity contribution >= 4 is 5.96 Å². The Morgan fingerprint density at radius 2 is 1.73 bits per heavy atom. The van der Waals surface area contributed by atoms with Crippen LogP contribution in [0, 0.1) is 0 Å². The Labute approximate surface area is 154 Å². The molecule has 3 aromatic rings. The van der Waals surface area contributed by atoms with Crippen molar-refractivity contribution < 1.29 is 4.42 Å². The third-order valence-electron chi connectivity index (χ3n) is 4.01. The van der Waals surface area contributed by atoms with Crippen LogP contribution in [0.3, 0.4) is 0 Å². The summed E-state index contributed by atoms with van der Waals surface area (Å²) in [7, 11) is 1.77. The molecule has 0 fully saturated rings. The standard InChI is InChI=1S/C21H24N4O/c1-22-21(23-14-8-11-17-9-4-2-5-10-17)24-15-19-16-26-20(25-19)18-12-6-3-7-13-18/h2-7,9-10,12-13,16H,8,11,14-15H2,1H3,(H2,22,23,24). The molecule has 0 radical (unpaired) electrons. The minimum atomic E-state index is 0.564. The Bertz CT molecular complexity index is 812. The zero-order valence-corrected chi connectivity index (χ0v) is 15.0. The third kappa shape index (κ3) is 5.21. The molecule has 0 aliphatic carbocycles. The molecule has 1 heterocycles. The zero-order valence-electron chi connectivity index (χ0n) is 15.0. The molecule has 0 unspecified atom stereocenters. The largest absolute Gasteiger partial charge is 0.444 e. The predicted octanol–water partition coefficient (Wildman–Crippen LogP) is 3.64. The van der Waals surface area contributed by atoms with E-state index in [9.17, 15) is 0 Å². The van der Waals surface area contributed by atoms with Crippen molar-refractivity contribution in [2.24, 2.45) is 4.99 Å². The fourth-order valence-corrected chi connectivity index (χ4v) is 2.64. The van der Waals surface area contributed by atoms with Crippen molar-refractivity contribution in [3.63, 3.8) is 0 Å². The first-order valence-corrected chi connectivity index (χ1v) is 8.83. The van der Waals surface area contributed by atoms with Gasteiger partial charge in [0.25, 0.3) is 0 Å². The zero-order chi connectivity index (χ0) is 18.0. The second kappa shape index (κ2) is 9.42.